The van der Waals surface area contributed by atoms with Gasteiger partial charge in [-0.2, -0.15) is 0 Å². The molecule has 0 saturated carbocycles. The zero-order valence-electron chi connectivity index (χ0n) is 11.1. The maximum absolute atomic E-state index is 12.1. The van der Waals surface area contributed by atoms with Gasteiger partial charge in [-0.1, -0.05) is 30.3 Å². The van der Waals surface area contributed by atoms with Gasteiger partial charge in [0.2, 0.25) is 5.91 Å². The summed E-state index contributed by atoms with van der Waals surface area (Å²) in [6.45, 7) is 5.48. The number of rotatable bonds is 3. The number of benzene rings is 1. The van der Waals surface area contributed by atoms with Crippen molar-refractivity contribution in [3.8, 4) is 0 Å². The summed E-state index contributed by atoms with van der Waals surface area (Å²) in [6.07, 6.45) is 1.70. The molecule has 0 aliphatic carbocycles. The molecule has 2 rings (SSSR count). The van der Waals surface area contributed by atoms with Gasteiger partial charge < -0.3 is 9.64 Å². The molecule has 1 heterocycles. The van der Waals surface area contributed by atoms with E-state index in [1.54, 1.807) is 0 Å². The fraction of sp³-hybridized carbons (Fsp3) is 0.533. The van der Waals surface area contributed by atoms with Gasteiger partial charge in [0, 0.05) is 19.5 Å². The van der Waals surface area contributed by atoms with Crippen molar-refractivity contribution in [2.45, 2.75) is 38.9 Å². The van der Waals surface area contributed by atoms with Gasteiger partial charge in [0.05, 0.1) is 12.2 Å². The predicted octanol–water partition coefficient (Wildman–Crippen LogP) is 2.25. The molecule has 0 N–H and O–H groups in total. The van der Waals surface area contributed by atoms with E-state index < -0.39 is 0 Å². The van der Waals surface area contributed by atoms with Crippen LogP contribution in [0.3, 0.4) is 0 Å². The SMILES string of the molecule is CC1CN(C(=O)CCc2ccccc2)CC(C)O1. The smallest absolute Gasteiger partial charge is 0.223 e. The molecule has 18 heavy (non-hydrogen) atoms. The topological polar surface area (TPSA) is 29.5 Å². The van der Waals surface area contributed by atoms with Gasteiger partial charge in [0.25, 0.3) is 0 Å². The van der Waals surface area contributed by atoms with E-state index in [2.05, 4.69) is 12.1 Å². The van der Waals surface area contributed by atoms with Crippen LogP contribution in [0.2, 0.25) is 0 Å². The molecule has 0 aromatic heterocycles. The normalized spacial score (nSPS) is 24.0. The molecule has 2 atom stereocenters. The number of aryl methyl sites for hydroxylation is 1. The molecule has 98 valence electrons. The molecule has 1 saturated heterocycles. The van der Waals surface area contributed by atoms with Crippen LogP contribution in [-0.2, 0) is 16.0 Å². The Kier molecular flexibility index (Phi) is 4.37. The van der Waals surface area contributed by atoms with E-state index in [1.807, 2.05) is 36.9 Å². The van der Waals surface area contributed by atoms with E-state index in [9.17, 15) is 4.79 Å². The van der Waals surface area contributed by atoms with E-state index in [1.165, 1.54) is 5.56 Å². The van der Waals surface area contributed by atoms with Crippen LogP contribution in [0.25, 0.3) is 0 Å². The van der Waals surface area contributed by atoms with Crippen LogP contribution in [0.5, 0.6) is 0 Å². The number of nitrogens with zero attached hydrogens (tertiary/aromatic N) is 1. The third-order valence-corrected chi connectivity index (χ3v) is 3.24. The minimum atomic E-state index is 0.148. The minimum Gasteiger partial charge on any atom is -0.372 e. The van der Waals surface area contributed by atoms with E-state index >= 15 is 0 Å². The van der Waals surface area contributed by atoms with Crippen LogP contribution >= 0.6 is 0 Å². The zero-order chi connectivity index (χ0) is 13.0. The van der Waals surface area contributed by atoms with Crippen LogP contribution in [0, 0.1) is 0 Å². The second-order valence-electron chi connectivity index (χ2n) is 5.04. The van der Waals surface area contributed by atoms with Crippen LogP contribution < -0.4 is 0 Å². The Balaban J connectivity index is 1.84. The maximum atomic E-state index is 12.1. The van der Waals surface area contributed by atoms with Crippen molar-refractivity contribution in [3.05, 3.63) is 35.9 Å². The summed E-state index contributed by atoms with van der Waals surface area (Å²) in [5.74, 6) is 0.237. The van der Waals surface area contributed by atoms with Crippen LogP contribution in [0.1, 0.15) is 25.8 Å². The van der Waals surface area contributed by atoms with Crippen LogP contribution in [0.4, 0.5) is 0 Å². The van der Waals surface area contributed by atoms with E-state index in [4.69, 9.17) is 4.74 Å². The van der Waals surface area contributed by atoms with Gasteiger partial charge >= 0.3 is 0 Å². The summed E-state index contributed by atoms with van der Waals surface area (Å²) >= 11 is 0. The van der Waals surface area contributed by atoms with Gasteiger partial charge in [-0.15, -0.1) is 0 Å². The lowest BCUT2D eigenvalue weighted by Gasteiger charge is -2.35. The molecule has 1 aliphatic heterocycles. The highest BCUT2D eigenvalue weighted by Crippen LogP contribution is 2.13. The second kappa shape index (κ2) is 6.01. The Morgan fingerprint density at radius 2 is 1.83 bits per heavy atom. The largest absolute Gasteiger partial charge is 0.372 e. The molecule has 3 nitrogen and oxygen atoms in total. The molecule has 0 spiro atoms. The molecule has 2 unspecified atom stereocenters. The van der Waals surface area contributed by atoms with Gasteiger partial charge in [-0.25, -0.2) is 0 Å². The summed E-state index contributed by atoms with van der Waals surface area (Å²) in [5.41, 5.74) is 1.22. The molecular weight excluding hydrogens is 226 g/mol. The molecule has 0 bridgehead atoms. The highest BCUT2D eigenvalue weighted by molar-refractivity contribution is 5.76. The number of ether oxygens (including phenoxy) is 1. The fourth-order valence-corrected chi connectivity index (χ4v) is 2.44. The average Bonchev–Trinajstić information content (AvgIpc) is 2.36. The number of carbonyl (C=O) groups is 1. The second-order valence-corrected chi connectivity index (χ2v) is 5.04. The lowest BCUT2D eigenvalue weighted by Crippen LogP contribution is -2.48. The lowest BCUT2D eigenvalue weighted by molar-refractivity contribution is -0.143. The first-order valence-corrected chi connectivity index (χ1v) is 6.62. The Labute approximate surface area is 109 Å². The van der Waals surface area contributed by atoms with Gasteiger partial charge in [-0.05, 0) is 25.8 Å². The number of amides is 1. The predicted molar refractivity (Wildman–Crippen MR) is 71.4 cm³/mol. The third-order valence-electron chi connectivity index (χ3n) is 3.24. The summed E-state index contributed by atoms with van der Waals surface area (Å²) < 4.78 is 5.64. The molecule has 1 aliphatic rings. The first-order chi connectivity index (χ1) is 8.65. The zero-order valence-corrected chi connectivity index (χ0v) is 11.1. The first-order valence-electron chi connectivity index (χ1n) is 6.62. The van der Waals surface area contributed by atoms with Crippen molar-refractivity contribution < 1.29 is 9.53 Å². The monoisotopic (exact) mass is 247 g/mol. The molecule has 3 heteroatoms. The number of morpholine rings is 1. The third kappa shape index (κ3) is 3.57. The average molecular weight is 247 g/mol. The summed E-state index contributed by atoms with van der Waals surface area (Å²) in [5, 5.41) is 0. The van der Waals surface area contributed by atoms with Gasteiger partial charge in [-0.3, -0.25) is 4.79 Å². The van der Waals surface area contributed by atoms with E-state index in [0.717, 1.165) is 19.5 Å². The van der Waals surface area contributed by atoms with Gasteiger partial charge in [0.1, 0.15) is 0 Å². The van der Waals surface area contributed by atoms with Gasteiger partial charge in [0.15, 0.2) is 0 Å². The highest BCUT2D eigenvalue weighted by Gasteiger charge is 2.25. The minimum absolute atomic E-state index is 0.148. The summed E-state index contributed by atoms with van der Waals surface area (Å²) in [6, 6.07) is 10.2. The standard InChI is InChI=1S/C15H21NO2/c1-12-10-16(11-13(2)18-12)15(17)9-8-14-6-4-3-5-7-14/h3-7,12-13H,8-11H2,1-2H3. The summed E-state index contributed by atoms with van der Waals surface area (Å²) in [4.78, 5) is 14.1. The lowest BCUT2D eigenvalue weighted by atomic mass is 10.1. The molecule has 1 aromatic carbocycles. The molecule has 1 aromatic rings. The van der Waals surface area contributed by atoms with Crippen molar-refractivity contribution in [3.63, 3.8) is 0 Å². The fourth-order valence-electron chi connectivity index (χ4n) is 2.44. The van der Waals surface area contributed by atoms with E-state index in [0.29, 0.717) is 6.42 Å². The van der Waals surface area contributed by atoms with Crippen molar-refractivity contribution in [2.24, 2.45) is 0 Å². The molecule has 1 amide bonds. The van der Waals surface area contributed by atoms with Crippen molar-refractivity contribution >= 4 is 5.91 Å². The van der Waals surface area contributed by atoms with Crippen LogP contribution in [-0.4, -0.2) is 36.1 Å². The molecule has 0 radical (unpaired) electrons. The molecule has 1 fully saturated rings. The van der Waals surface area contributed by atoms with E-state index in [-0.39, 0.29) is 18.1 Å². The van der Waals surface area contributed by atoms with Crippen LogP contribution in [0.15, 0.2) is 30.3 Å². The number of carbonyl (C=O) groups excluding carboxylic acids is 1. The Morgan fingerprint density at radius 1 is 1.22 bits per heavy atom. The Bertz CT molecular complexity index is 381. The Morgan fingerprint density at radius 3 is 2.44 bits per heavy atom. The maximum Gasteiger partial charge on any atom is 0.223 e. The molecular formula is C15H21NO2. The Hall–Kier alpha value is -1.35. The first kappa shape index (κ1) is 13.1. The highest BCUT2D eigenvalue weighted by atomic mass is 16.5. The van der Waals surface area contributed by atoms with Crippen molar-refractivity contribution in [1.29, 1.82) is 0 Å². The summed E-state index contributed by atoms with van der Waals surface area (Å²) in [7, 11) is 0. The van der Waals surface area contributed by atoms with Crippen molar-refractivity contribution in [2.75, 3.05) is 13.1 Å². The number of hydrogen-bond donors (Lipinski definition) is 0. The quantitative estimate of drug-likeness (QED) is 0.820. The van der Waals surface area contributed by atoms with Crippen molar-refractivity contribution in [1.82, 2.24) is 4.90 Å². The number of hydrogen-bond acceptors (Lipinski definition) is 2.